The molecule has 1 rings (SSSR count). The van der Waals surface area contributed by atoms with E-state index in [0.29, 0.717) is 12.0 Å². The highest BCUT2D eigenvalue weighted by Crippen LogP contribution is 2.11. The first kappa shape index (κ1) is 11.6. The summed E-state index contributed by atoms with van der Waals surface area (Å²) in [5, 5.41) is 0. The van der Waals surface area contributed by atoms with Crippen LogP contribution < -0.4 is 5.90 Å². The fourth-order valence-electron chi connectivity index (χ4n) is 1.16. The van der Waals surface area contributed by atoms with Gasteiger partial charge in [0.05, 0.1) is 19.3 Å². The third-order valence-corrected chi connectivity index (χ3v) is 1.96. The van der Waals surface area contributed by atoms with E-state index >= 15 is 0 Å². The average Bonchev–Trinajstić information content (AvgIpc) is 2.26. The van der Waals surface area contributed by atoms with Crippen LogP contribution in [-0.2, 0) is 16.0 Å². The third-order valence-electron chi connectivity index (χ3n) is 1.96. The molecule has 0 saturated carbocycles. The van der Waals surface area contributed by atoms with Crippen molar-refractivity contribution in [2.45, 2.75) is 6.42 Å². The number of methoxy groups -OCH3 is 1. The summed E-state index contributed by atoms with van der Waals surface area (Å²) < 4.78 is 17.8. The first-order chi connectivity index (χ1) is 7.19. The molecule has 0 aliphatic rings. The first-order valence-corrected chi connectivity index (χ1v) is 4.37. The van der Waals surface area contributed by atoms with Crippen molar-refractivity contribution in [3.05, 3.63) is 35.1 Å². The number of benzene rings is 1. The van der Waals surface area contributed by atoms with E-state index in [1.165, 1.54) is 19.2 Å². The second kappa shape index (κ2) is 5.43. The molecule has 0 radical (unpaired) electrons. The summed E-state index contributed by atoms with van der Waals surface area (Å²) in [5.74, 6) is 3.81. The normalized spacial score (nSPS) is 10.1. The molecular weight excluding hydrogens is 201 g/mol. The molecule has 2 N–H and O–H groups in total. The summed E-state index contributed by atoms with van der Waals surface area (Å²) in [7, 11) is 1.25. The van der Waals surface area contributed by atoms with Gasteiger partial charge in [-0.2, -0.15) is 0 Å². The van der Waals surface area contributed by atoms with Crippen LogP contribution in [0.2, 0.25) is 0 Å². The van der Waals surface area contributed by atoms with E-state index < -0.39 is 11.8 Å². The van der Waals surface area contributed by atoms with Crippen molar-refractivity contribution < 1.29 is 18.8 Å². The summed E-state index contributed by atoms with van der Waals surface area (Å²) in [6, 6.07) is 4.15. The number of nitrogens with two attached hydrogens (primary N) is 1. The Morgan fingerprint density at radius 1 is 1.53 bits per heavy atom. The van der Waals surface area contributed by atoms with Gasteiger partial charge in [0.2, 0.25) is 0 Å². The predicted molar refractivity (Wildman–Crippen MR) is 51.6 cm³/mol. The fraction of sp³-hybridized carbons (Fsp3) is 0.300. The molecule has 1 aromatic rings. The Morgan fingerprint density at radius 3 is 2.80 bits per heavy atom. The topological polar surface area (TPSA) is 61.5 Å². The van der Waals surface area contributed by atoms with Crippen molar-refractivity contribution in [3.8, 4) is 0 Å². The zero-order valence-electron chi connectivity index (χ0n) is 8.33. The quantitative estimate of drug-likeness (QED) is 0.599. The molecule has 82 valence electrons. The summed E-state index contributed by atoms with van der Waals surface area (Å²) in [6.07, 6.45) is 0.365. The van der Waals surface area contributed by atoms with Gasteiger partial charge in [0.15, 0.2) is 0 Å². The highest BCUT2D eigenvalue weighted by Gasteiger charge is 2.09. The molecule has 0 aromatic heterocycles. The number of carbonyl (C=O) groups is 1. The van der Waals surface area contributed by atoms with Crippen LogP contribution in [0.4, 0.5) is 4.39 Å². The minimum absolute atomic E-state index is 0.187. The Morgan fingerprint density at radius 2 is 2.27 bits per heavy atom. The molecule has 0 fully saturated rings. The van der Waals surface area contributed by atoms with Gasteiger partial charge in [-0.15, -0.1) is 0 Å². The molecular formula is C10H12FNO3. The van der Waals surface area contributed by atoms with Crippen molar-refractivity contribution in [1.82, 2.24) is 0 Å². The van der Waals surface area contributed by atoms with Gasteiger partial charge in [-0.3, -0.25) is 0 Å². The molecule has 0 heterocycles. The molecule has 0 amide bonds. The van der Waals surface area contributed by atoms with Crippen molar-refractivity contribution in [1.29, 1.82) is 0 Å². The van der Waals surface area contributed by atoms with Crippen LogP contribution in [0.25, 0.3) is 0 Å². The molecule has 0 unspecified atom stereocenters. The number of esters is 1. The Balaban J connectivity index is 2.83. The van der Waals surface area contributed by atoms with Gasteiger partial charge in [-0.05, 0) is 17.7 Å². The van der Waals surface area contributed by atoms with Crippen molar-refractivity contribution >= 4 is 5.97 Å². The molecule has 4 nitrogen and oxygen atoms in total. The van der Waals surface area contributed by atoms with Gasteiger partial charge in [-0.25, -0.2) is 15.1 Å². The van der Waals surface area contributed by atoms with Gasteiger partial charge in [-0.1, -0.05) is 6.07 Å². The maximum absolute atomic E-state index is 13.4. The zero-order valence-corrected chi connectivity index (χ0v) is 8.33. The number of hydrogen-bond donors (Lipinski definition) is 1. The summed E-state index contributed by atoms with van der Waals surface area (Å²) in [6.45, 7) is 0.231. The lowest BCUT2D eigenvalue weighted by Gasteiger charge is -2.04. The van der Waals surface area contributed by atoms with Crippen LogP contribution in [-0.4, -0.2) is 19.7 Å². The summed E-state index contributed by atoms with van der Waals surface area (Å²) in [5.41, 5.74) is 0.639. The smallest absolute Gasteiger partial charge is 0.337 e. The number of rotatable bonds is 4. The molecule has 1 aromatic carbocycles. The van der Waals surface area contributed by atoms with Gasteiger partial charge in [0.25, 0.3) is 0 Å². The van der Waals surface area contributed by atoms with Crippen LogP contribution in [0.3, 0.4) is 0 Å². The maximum atomic E-state index is 13.4. The fourth-order valence-corrected chi connectivity index (χ4v) is 1.16. The molecule has 5 heteroatoms. The molecule has 0 saturated heterocycles. The molecule has 0 spiro atoms. The van der Waals surface area contributed by atoms with Crippen LogP contribution in [0, 0.1) is 5.82 Å². The predicted octanol–water partition coefficient (Wildman–Crippen LogP) is 1.05. The second-order valence-electron chi connectivity index (χ2n) is 2.92. The second-order valence-corrected chi connectivity index (χ2v) is 2.92. The minimum Gasteiger partial charge on any atom is -0.465 e. The molecule has 15 heavy (non-hydrogen) atoms. The minimum atomic E-state index is -0.560. The zero-order chi connectivity index (χ0) is 11.3. The number of ether oxygens (including phenoxy) is 1. The molecule has 0 atom stereocenters. The first-order valence-electron chi connectivity index (χ1n) is 4.37. The molecule has 0 aliphatic heterocycles. The number of halogens is 1. The van der Waals surface area contributed by atoms with E-state index in [-0.39, 0.29) is 12.2 Å². The van der Waals surface area contributed by atoms with E-state index in [1.54, 1.807) is 0 Å². The lowest BCUT2D eigenvalue weighted by atomic mass is 10.1. The SMILES string of the molecule is COC(=O)c1ccc(CCON)c(F)c1. The Bertz CT molecular complexity index is 355. The number of hydrogen-bond acceptors (Lipinski definition) is 4. The van der Waals surface area contributed by atoms with Gasteiger partial charge in [0.1, 0.15) is 5.82 Å². The van der Waals surface area contributed by atoms with Crippen LogP contribution in [0.5, 0.6) is 0 Å². The Kier molecular flexibility index (Phi) is 4.20. The van der Waals surface area contributed by atoms with E-state index in [2.05, 4.69) is 9.57 Å². The molecule has 0 aliphatic carbocycles. The summed E-state index contributed by atoms with van der Waals surface area (Å²) >= 11 is 0. The van der Waals surface area contributed by atoms with Crippen molar-refractivity contribution in [2.75, 3.05) is 13.7 Å². The van der Waals surface area contributed by atoms with Gasteiger partial charge < -0.3 is 9.57 Å². The van der Waals surface area contributed by atoms with E-state index in [0.717, 1.165) is 6.07 Å². The molecule has 0 bridgehead atoms. The highest BCUT2D eigenvalue weighted by molar-refractivity contribution is 5.89. The lowest BCUT2D eigenvalue weighted by Crippen LogP contribution is -2.07. The monoisotopic (exact) mass is 213 g/mol. The Labute approximate surface area is 86.7 Å². The van der Waals surface area contributed by atoms with Crippen molar-refractivity contribution in [3.63, 3.8) is 0 Å². The maximum Gasteiger partial charge on any atom is 0.337 e. The van der Waals surface area contributed by atoms with E-state index in [4.69, 9.17) is 5.90 Å². The van der Waals surface area contributed by atoms with Crippen LogP contribution >= 0.6 is 0 Å². The lowest BCUT2D eigenvalue weighted by molar-refractivity contribution is 0.0600. The van der Waals surface area contributed by atoms with Crippen LogP contribution in [0.1, 0.15) is 15.9 Å². The number of carbonyl (C=O) groups excluding carboxylic acids is 1. The van der Waals surface area contributed by atoms with E-state index in [9.17, 15) is 9.18 Å². The average molecular weight is 213 g/mol. The van der Waals surface area contributed by atoms with Gasteiger partial charge in [0, 0.05) is 6.42 Å². The summed E-state index contributed by atoms with van der Waals surface area (Å²) in [4.78, 5) is 15.4. The van der Waals surface area contributed by atoms with Gasteiger partial charge >= 0.3 is 5.97 Å². The third kappa shape index (κ3) is 3.00. The highest BCUT2D eigenvalue weighted by atomic mass is 19.1. The largest absolute Gasteiger partial charge is 0.465 e. The van der Waals surface area contributed by atoms with Crippen molar-refractivity contribution in [2.24, 2.45) is 5.90 Å². The van der Waals surface area contributed by atoms with E-state index in [1.807, 2.05) is 0 Å². The Hall–Kier alpha value is -1.46. The standard InChI is InChI=1S/C10H12FNO3/c1-14-10(13)8-3-2-7(4-5-15-12)9(11)6-8/h2-3,6H,4-5,12H2,1H3. The van der Waals surface area contributed by atoms with Crippen LogP contribution in [0.15, 0.2) is 18.2 Å².